The van der Waals surface area contributed by atoms with Crippen LogP contribution in [0.4, 0.5) is 5.82 Å². The first-order valence-corrected chi connectivity index (χ1v) is 5.40. The van der Waals surface area contributed by atoms with Crippen molar-refractivity contribution in [3.05, 3.63) is 35.0 Å². The van der Waals surface area contributed by atoms with E-state index in [0.29, 0.717) is 28.3 Å². The Bertz CT molecular complexity index is 701. The van der Waals surface area contributed by atoms with Crippen molar-refractivity contribution in [1.82, 2.24) is 14.6 Å². The molecule has 0 aliphatic heterocycles. The molecule has 17 heavy (non-hydrogen) atoms. The van der Waals surface area contributed by atoms with Crippen LogP contribution < -0.4 is 5.73 Å². The molecular weight excluding hydrogens is 240 g/mol. The number of furan rings is 1. The normalized spacial score (nSPS) is 11.2. The predicted octanol–water partition coefficient (Wildman–Crippen LogP) is 2.53. The zero-order valence-corrected chi connectivity index (χ0v) is 9.77. The van der Waals surface area contributed by atoms with Crippen molar-refractivity contribution < 1.29 is 4.42 Å². The zero-order chi connectivity index (χ0) is 12.0. The molecule has 0 fully saturated rings. The van der Waals surface area contributed by atoms with Gasteiger partial charge in [-0.25, -0.2) is 4.98 Å². The largest absolute Gasteiger partial charge is 0.441 e. The van der Waals surface area contributed by atoms with Crippen LogP contribution in [-0.2, 0) is 0 Å². The van der Waals surface area contributed by atoms with Gasteiger partial charge in [0.1, 0.15) is 5.82 Å². The van der Waals surface area contributed by atoms with Gasteiger partial charge in [-0.05, 0) is 48.4 Å². The average molecular weight is 249 g/mol. The summed E-state index contributed by atoms with van der Waals surface area (Å²) in [6.45, 7) is 1.95. The third-order valence-corrected chi connectivity index (χ3v) is 2.61. The predicted molar refractivity (Wildman–Crippen MR) is 64.8 cm³/mol. The van der Waals surface area contributed by atoms with Crippen LogP contribution in [0.3, 0.4) is 0 Å². The number of hydrogen-bond donors (Lipinski definition) is 1. The van der Waals surface area contributed by atoms with Crippen LogP contribution in [0.15, 0.2) is 28.7 Å². The van der Waals surface area contributed by atoms with Gasteiger partial charge in [0.25, 0.3) is 0 Å². The number of nitrogens with zero attached hydrogens (tertiary/aromatic N) is 3. The topological polar surface area (TPSA) is 69.3 Å². The molecule has 0 radical (unpaired) electrons. The van der Waals surface area contributed by atoms with Crippen molar-refractivity contribution in [2.45, 2.75) is 6.92 Å². The van der Waals surface area contributed by atoms with Crippen LogP contribution >= 0.6 is 11.6 Å². The van der Waals surface area contributed by atoms with E-state index in [1.807, 2.05) is 19.1 Å². The molecule has 6 heteroatoms. The summed E-state index contributed by atoms with van der Waals surface area (Å²) in [6, 6.07) is 7.11. The zero-order valence-electron chi connectivity index (χ0n) is 9.01. The van der Waals surface area contributed by atoms with Crippen molar-refractivity contribution in [2.24, 2.45) is 0 Å². The maximum atomic E-state index is 5.86. The Morgan fingerprint density at radius 2 is 2.18 bits per heavy atom. The lowest BCUT2D eigenvalue weighted by molar-refractivity contribution is 0.579. The van der Waals surface area contributed by atoms with E-state index in [0.717, 1.165) is 5.56 Å². The first-order valence-electron chi connectivity index (χ1n) is 5.02. The van der Waals surface area contributed by atoms with Crippen molar-refractivity contribution in [3.63, 3.8) is 0 Å². The molecule has 2 N–H and O–H groups in total. The van der Waals surface area contributed by atoms with E-state index in [1.54, 1.807) is 16.6 Å². The number of pyridine rings is 1. The Morgan fingerprint density at radius 1 is 1.35 bits per heavy atom. The molecule has 0 aromatic carbocycles. The monoisotopic (exact) mass is 248 g/mol. The van der Waals surface area contributed by atoms with Crippen molar-refractivity contribution >= 4 is 23.1 Å². The fraction of sp³-hybridized carbons (Fsp3) is 0.0909. The maximum Gasteiger partial charge on any atom is 0.218 e. The molecular formula is C11H9ClN4O. The van der Waals surface area contributed by atoms with Crippen LogP contribution in [0.2, 0.25) is 5.22 Å². The lowest BCUT2D eigenvalue weighted by Crippen LogP contribution is -1.98. The smallest absolute Gasteiger partial charge is 0.218 e. The minimum Gasteiger partial charge on any atom is -0.441 e. The standard InChI is InChI=1S/C11H9ClN4O/c1-6-4-9(13)16-10(5-6)14-11(15-16)7-2-3-8(12)17-7/h2-5H,13H2,1H3. The van der Waals surface area contributed by atoms with Gasteiger partial charge in [-0.2, -0.15) is 4.52 Å². The van der Waals surface area contributed by atoms with Gasteiger partial charge in [0, 0.05) is 0 Å². The third-order valence-electron chi connectivity index (χ3n) is 2.40. The molecule has 3 aromatic heterocycles. The number of aromatic nitrogens is 3. The molecule has 0 saturated heterocycles. The van der Waals surface area contributed by atoms with Crippen LogP contribution in [0.25, 0.3) is 17.2 Å². The number of fused-ring (bicyclic) bond motifs is 1. The second-order valence-corrected chi connectivity index (χ2v) is 4.14. The fourth-order valence-corrected chi connectivity index (χ4v) is 1.83. The molecule has 86 valence electrons. The first kappa shape index (κ1) is 10.2. The Morgan fingerprint density at radius 3 is 2.88 bits per heavy atom. The van der Waals surface area contributed by atoms with E-state index in [2.05, 4.69) is 10.1 Å². The molecule has 3 aromatic rings. The van der Waals surface area contributed by atoms with Gasteiger partial charge in [-0.15, -0.1) is 5.10 Å². The lowest BCUT2D eigenvalue weighted by atomic mass is 10.3. The summed E-state index contributed by atoms with van der Waals surface area (Å²) in [5.41, 5.74) is 7.58. The highest BCUT2D eigenvalue weighted by atomic mass is 35.5. The highest BCUT2D eigenvalue weighted by molar-refractivity contribution is 6.28. The lowest BCUT2D eigenvalue weighted by Gasteiger charge is -1.98. The summed E-state index contributed by atoms with van der Waals surface area (Å²) >= 11 is 5.71. The summed E-state index contributed by atoms with van der Waals surface area (Å²) in [6.07, 6.45) is 0. The molecule has 0 aliphatic rings. The van der Waals surface area contributed by atoms with Gasteiger partial charge in [-0.1, -0.05) is 0 Å². The van der Waals surface area contributed by atoms with E-state index in [-0.39, 0.29) is 0 Å². The quantitative estimate of drug-likeness (QED) is 0.718. The second kappa shape index (κ2) is 3.49. The molecule has 0 bridgehead atoms. The first-order chi connectivity index (χ1) is 8.13. The van der Waals surface area contributed by atoms with E-state index in [9.17, 15) is 0 Å². The van der Waals surface area contributed by atoms with Gasteiger partial charge in [-0.3, -0.25) is 0 Å². The number of hydrogen-bond acceptors (Lipinski definition) is 4. The highest BCUT2D eigenvalue weighted by Gasteiger charge is 2.11. The molecule has 5 nitrogen and oxygen atoms in total. The minimum absolute atomic E-state index is 0.308. The Balaban J connectivity index is 2.23. The number of nitrogen functional groups attached to an aromatic ring is 1. The third kappa shape index (κ3) is 1.64. The summed E-state index contributed by atoms with van der Waals surface area (Å²) < 4.78 is 6.82. The van der Waals surface area contributed by atoms with E-state index < -0.39 is 0 Å². The number of halogens is 1. The van der Waals surface area contributed by atoms with E-state index in [1.165, 1.54) is 0 Å². The van der Waals surface area contributed by atoms with Crippen LogP contribution in [0.5, 0.6) is 0 Å². The summed E-state index contributed by atoms with van der Waals surface area (Å²) in [7, 11) is 0. The Labute approximate surface area is 102 Å². The Kier molecular flexibility index (Phi) is 2.09. The average Bonchev–Trinajstić information content (AvgIpc) is 2.83. The van der Waals surface area contributed by atoms with Gasteiger partial charge in [0.15, 0.2) is 16.6 Å². The van der Waals surface area contributed by atoms with Crippen molar-refractivity contribution in [2.75, 3.05) is 5.73 Å². The van der Waals surface area contributed by atoms with Crippen LogP contribution in [-0.4, -0.2) is 14.6 Å². The highest BCUT2D eigenvalue weighted by Crippen LogP contribution is 2.23. The fourth-order valence-electron chi connectivity index (χ4n) is 1.69. The second-order valence-electron chi connectivity index (χ2n) is 3.77. The maximum absolute atomic E-state index is 5.86. The molecule has 0 amide bonds. The van der Waals surface area contributed by atoms with Crippen molar-refractivity contribution in [1.29, 1.82) is 0 Å². The summed E-state index contributed by atoms with van der Waals surface area (Å²) in [5, 5.41) is 4.57. The Hall–Kier alpha value is -2.01. The number of aryl methyl sites for hydroxylation is 1. The van der Waals surface area contributed by atoms with Crippen molar-refractivity contribution in [3.8, 4) is 11.6 Å². The molecule has 0 spiro atoms. The van der Waals surface area contributed by atoms with E-state index >= 15 is 0 Å². The summed E-state index contributed by atoms with van der Waals surface area (Å²) in [5.74, 6) is 1.53. The minimum atomic E-state index is 0.308. The van der Waals surface area contributed by atoms with E-state index in [4.69, 9.17) is 21.8 Å². The molecule has 3 rings (SSSR count). The van der Waals surface area contributed by atoms with Gasteiger partial charge < -0.3 is 10.2 Å². The van der Waals surface area contributed by atoms with Crippen LogP contribution in [0.1, 0.15) is 5.56 Å². The van der Waals surface area contributed by atoms with Gasteiger partial charge in [0.05, 0.1) is 0 Å². The number of rotatable bonds is 1. The van der Waals surface area contributed by atoms with Gasteiger partial charge in [0.2, 0.25) is 5.82 Å². The number of anilines is 1. The molecule has 0 unspecified atom stereocenters. The molecule has 0 saturated carbocycles. The summed E-state index contributed by atoms with van der Waals surface area (Å²) in [4.78, 5) is 4.34. The molecule has 3 heterocycles. The SMILES string of the molecule is Cc1cc(N)n2nc(-c3ccc(Cl)o3)nc2c1. The molecule has 0 aliphatic carbocycles. The number of nitrogens with two attached hydrogens (primary N) is 1. The van der Waals surface area contributed by atoms with Gasteiger partial charge >= 0.3 is 0 Å². The van der Waals surface area contributed by atoms with Crippen LogP contribution in [0, 0.1) is 6.92 Å². The molecule has 0 atom stereocenters.